The van der Waals surface area contributed by atoms with Gasteiger partial charge in [-0.05, 0) is 81.1 Å². The number of allylic oxidation sites excluding steroid dienone is 5. The highest BCUT2D eigenvalue weighted by molar-refractivity contribution is 5.28. The minimum atomic E-state index is -0.809. The molecule has 0 unspecified atom stereocenters. The molecule has 0 spiro atoms. The zero-order valence-electron chi connectivity index (χ0n) is 20.5. The Kier molecular flexibility index (Phi) is 6.09. The molecule has 0 aromatic carbocycles. The fourth-order valence-electron chi connectivity index (χ4n) is 7.47. The summed E-state index contributed by atoms with van der Waals surface area (Å²) in [5.41, 5.74) is 1.93. The van der Waals surface area contributed by atoms with Gasteiger partial charge < -0.3 is 19.3 Å². The van der Waals surface area contributed by atoms with E-state index in [1.807, 2.05) is 6.92 Å². The number of methoxy groups -OCH3 is 2. The van der Waals surface area contributed by atoms with E-state index < -0.39 is 11.4 Å². The van der Waals surface area contributed by atoms with Gasteiger partial charge in [-0.2, -0.15) is 0 Å². The van der Waals surface area contributed by atoms with Crippen LogP contribution in [0.4, 0.5) is 0 Å². The molecule has 0 radical (unpaired) electrons. The molecule has 1 aliphatic heterocycles. The van der Waals surface area contributed by atoms with Crippen molar-refractivity contribution in [2.45, 2.75) is 84.4 Å². The third-order valence-corrected chi connectivity index (χ3v) is 9.05. The molecule has 2 saturated carbocycles. The maximum absolute atomic E-state index is 11.5. The Labute approximate surface area is 188 Å². The zero-order chi connectivity index (χ0) is 22.6. The van der Waals surface area contributed by atoms with Gasteiger partial charge >= 0.3 is 0 Å². The number of ether oxygens (including phenoxy) is 3. The molecule has 4 nitrogen and oxygen atoms in total. The number of aliphatic hydroxyl groups is 1. The molecule has 9 atom stereocenters. The minimum absolute atomic E-state index is 0.0595. The highest BCUT2D eigenvalue weighted by atomic mass is 16.8. The first kappa shape index (κ1) is 23.2. The van der Waals surface area contributed by atoms with E-state index in [0.717, 1.165) is 12.8 Å². The largest absolute Gasteiger partial charge is 0.390 e. The summed E-state index contributed by atoms with van der Waals surface area (Å²) in [5, 5.41) is 11.5. The Bertz CT molecular complexity index is 776. The van der Waals surface area contributed by atoms with Crippen LogP contribution in [-0.4, -0.2) is 37.0 Å². The van der Waals surface area contributed by atoms with Gasteiger partial charge in [-0.15, -0.1) is 0 Å². The van der Waals surface area contributed by atoms with Crippen molar-refractivity contribution in [1.82, 2.24) is 0 Å². The lowest BCUT2D eigenvalue weighted by molar-refractivity contribution is -0.265. The van der Waals surface area contributed by atoms with Crippen LogP contribution in [0, 0.1) is 35.0 Å². The van der Waals surface area contributed by atoms with E-state index in [4.69, 9.17) is 14.2 Å². The van der Waals surface area contributed by atoms with Crippen LogP contribution in [0.3, 0.4) is 0 Å². The maximum Gasteiger partial charge on any atom is 0.183 e. The molecular weight excluding hydrogens is 388 g/mol. The van der Waals surface area contributed by atoms with E-state index in [-0.39, 0.29) is 23.5 Å². The van der Waals surface area contributed by atoms with Gasteiger partial charge in [0.15, 0.2) is 12.1 Å². The molecule has 3 aliphatic carbocycles. The Morgan fingerprint density at radius 2 is 2.00 bits per heavy atom. The van der Waals surface area contributed by atoms with E-state index in [9.17, 15) is 5.11 Å². The van der Waals surface area contributed by atoms with Crippen LogP contribution in [0.5, 0.6) is 0 Å². The highest BCUT2D eigenvalue weighted by Gasteiger charge is 2.68. The molecule has 1 N–H and O–H groups in total. The Morgan fingerprint density at radius 3 is 2.65 bits per heavy atom. The average molecular weight is 431 g/mol. The average Bonchev–Trinajstić information content (AvgIpc) is 3.23. The molecule has 4 rings (SSSR count). The summed E-state index contributed by atoms with van der Waals surface area (Å²) in [5.74, 6) is 1.19. The molecule has 3 fully saturated rings. The van der Waals surface area contributed by atoms with Crippen LogP contribution in [-0.2, 0) is 14.2 Å². The maximum atomic E-state index is 11.5. The standard InChI is InChI=1S/C27H42O4/c1-17(2)9-8-10-18(3)19-13-14-25(4)15-22-23-20(11-12-21(19)25)24(29-6)31-27(23,30-7)16-26(22,5)28/h8-11,18-19,21-24,28H,12-16H2,1-7H3/b10-8-,20-11?/t18-,19+,21-,22-,23+,24+,25+,26+,27-/m0/s1. The third kappa shape index (κ3) is 3.78. The van der Waals surface area contributed by atoms with E-state index in [0.29, 0.717) is 24.2 Å². The fraction of sp³-hybridized carbons (Fsp3) is 0.778. The Balaban J connectivity index is 1.69. The first-order valence-corrected chi connectivity index (χ1v) is 12.1. The summed E-state index contributed by atoms with van der Waals surface area (Å²) >= 11 is 0. The summed E-state index contributed by atoms with van der Waals surface area (Å²) < 4.78 is 18.1. The second kappa shape index (κ2) is 8.13. The van der Waals surface area contributed by atoms with Gasteiger partial charge in [0, 0.05) is 26.6 Å². The van der Waals surface area contributed by atoms with Crippen molar-refractivity contribution in [2.24, 2.45) is 35.0 Å². The Hall–Kier alpha value is -0.940. The normalized spacial score (nSPS) is 47.5. The molecule has 1 saturated heterocycles. The lowest BCUT2D eigenvalue weighted by Crippen LogP contribution is -2.40. The monoisotopic (exact) mass is 430 g/mol. The summed E-state index contributed by atoms with van der Waals surface area (Å²) in [6.45, 7) is 11.1. The van der Waals surface area contributed by atoms with Gasteiger partial charge in [0.25, 0.3) is 0 Å². The van der Waals surface area contributed by atoms with Gasteiger partial charge in [-0.3, -0.25) is 0 Å². The molecule has 0 amide bonds. The van der Waals surface area contributed by atoms with Gasteiger partial charge in [0.05, 0.1) is 5.60 Å². The molecule has 174 valence electrons. The summed E-state index contributed by atoms with van der Waals surface area (Å²) in [6.07, 6.45) is 13.9. The summed E-state index contributed by atoms with van der Waals surface area (Å²) in [4.78, 5) is 0. The molecular formula is C27H42O4. The number of hydrogen-bond donors (Lipinski definition) is 1. The van der Waals surface area contributed by atoms with E-state index in [1.165, 1.54) is 24.0 Å². The topological polar surface area (TPSA) is 47.9 Å². The van der Waals surface area contributed by atoms with Crippen LogP contribution in [0.2, 0.25) is 0 Å². The van der Waals surface area contributed by atoms with Crippen LogP contribution in [0.15, 0.2) is 35.5 Å². The highest BCUT2D eigenvalue weighted by Crippen LogP contribution is 2.65. The van der Waals surface area contributed by atoms with Crippen molar-refractivity contribution in [3.8, 4) is 0 Å². The van der Waals surface area contributed by atoms with Gasteiger partial charge in [0.2, 0.25) is 0 Å². The molecule has 0 aromatic rings. The lowest BCUT2D eigenvalue weighted by atomic mass is 9.62. The third-order valence-electron chi connectivity index (χ3n) is 9.05. The zero-order valence-corrected chi connectivity index (χ0v) is 20.5. The first-order valence-electron chi connectivity index (χ1n) is 12.1. The predicted molar refractivity (Wildman–Crippen MR) is 123 cm³/mol. The van der Waals surface area contributed by atoms with Gasteiger partial charge in [-0.25, -0.2) is 0 Å². The fourth-order valence-corrected chi connectivity index (χ4v) is 7.47. The smallest absolute Gasteiger partial charge is 0.183 e. The van der Waals surface area contributed by atoms with Crippen LogP contribution in [0.25, 0.3) is 0 Å². The van der Waals surface area contributed by atoms with Crippen LogP contribution >= 0.6 is 0 Å². The van der Waals surface area contributed by atoms with Crippen molar-refractivity contribution in [2.75, 3.05) is 14.2 Å². The van der Waals surface area contributed by atoms with Crippen molar-refractivity contribution in [3.63, 3.8) is 0 Å². The predicted octanol–water partition coefficient (Wildman–Crippen LogP) is 5.63. The van der Waals surface area contributed by atoms with E-state index in [2.05, 4.69) is 52.0 Å². The molecule has 4 aliphatic rings. The number of fused-ring (bicyclic) bond motifs is 1. The summed E-state index contributed by atoms with van der Waals surface area (Å²) in [7, 11) is 3.42. The van der Waals surface area contributed by atoms with Crippen LogP contribution < -0.4 is 0 Å². The SMILES string of the molecule is CO[C@@H]1O[C@@]2(OC)C[C@@](C)(O)[C@H]3C[C@@]4(C)CC[C@H]([C@@H](C)/C=C\C=C(C)C)[C@@H]4CC=C1[C@H]32. The van der Waals surface area contributed by atoms with Crippen molar-refractivity contribution < 1.29 is 19.3 Å². The quantitative estimate of drug-likeness (QED) is 0.454. The number of rotatable bonds is 5. The van der Waals surface area contributed by atoms with Crippen LogP contribution in [0.1, 0.15) is 66.7 Å². The van der Waals surface area contributed by atoms with E-state index >= 15 is 0 Å². The van der Waals surface area contributed by atoms with E-state index in [1.54, 1.807) is 14.2 Å². The van der Waals surface area contributed by atoms with Crippen molar-refractivity contribution in [1.29, 1.82) is 0 Å². The minimum Gasteiger partial charge on any atom is -0.390 e. The first-order chi connectivity index (χ1) is 14.6. The molecule has 0 bridgehead atoms. The second-order valence-corrected chi connectivity index (χ2v) is 11.4. The van der Waals surface area contributed by atoms with Gasteiger partial charge in [-0.1, -0.05) is 43.7 Å². The molecule has 31 heavy (non-hydrogen) atoms. The lowest BCUT2D eigenvalue weighted by Gasteiger charge is -2.43. The Morgan fingerprint density at radius 1 is 1.26 bits per heavy atom. The second-order valence-electron chi connectivity index (χ2n) is 11.4. The summed E-state index contributed by atoms with van der Waals surface area (Å²) in [6, 6.07) is 0. The molecule has 0 aromatic heterocycles. The molecule has 1 heterocycles. The molecule has 4 heteroatoms. The number of hydrogen-bond acceptors (Lipinski definition) is 4. The van der Waals surface area contributed by atoms with Crippen molar-refractivity contribution >= 4 is 0 Å². The van der Waals surface area contributed by atoms with Crippen molar-refractivity contribution in [3.05, 3.63) is 35.5 Å². The van der Waals surface area contributed by atoms with Gasteiger partial charge in [0.1, 0.15) is 0 Å².